The number of nitrogen functional groups attached to an aromatic ring is 1. The summed E-state index contributed by atoms with van der Waals surface area (Å²) >= 11 is 1.62. The van der Waals surface area contributed by atoms with Crippen LogP contribution in [0.2, 0.25) is 0 Å². The fraction of sp³-hybridized carbons (Fsp3) is 0.200. The van der Waals surface area contributed by atoms with Crippen LogP contribution in [0, 0.1) is 5.82 Å². The Morgan fingerprint density at radius 3 is 2.61 bits per heavy atom. The Morgan fingerprint density at radius 1 is 1.06 bits per heavy atom. The van der Waals surface area contributed by atoms with E-state index in [4.69, 9.17) is 5.73 Å². The van der Waals surface area contributed by atoms with Crippen molar-refractivity contribution in [2.45, 2.75) is 17.7 Å². The van der Waals surface area contributed by atoms with Gasteiger partial charge in [0, 0.05) is 10.6 Å². The Hall–Kier alpha value is -1.48. The molecular formula is C15H16FNS. The van der Waals surface area contributed by atoms with Gasteiger partial charge in [0.2, 0.25) is 0 Å². The summed E-state index contributed by atoms with van der Waals surface area (Å²) in [6, 6.07) is 14.9. The van der Waals surface area contributed by atoms with Crippen LogP contribution in [0.4, 0.5) is 10.1 Å². The highest BCUT2D eigenvalue weighted by Crippen LogP contribution is 2.26. The fourth-order valence-electron chi connectivity index (χ4n) is 1.74. The number of anilines is 1. The quantitative estimate of drug-likeness (QED) is 0.497. The normalized spacial score (nSPS) is 10.5. The standard InChI is InChI=1S/C15H16FNS/c16-13-8-9-14(17)15(11-13)18-10-4-7-12-5-2-1-3-6-12/h1-3,5-6,8-9,11H,4,7,10,17H2. The molecule has 0 unspecified atom stereocenters. The molecule has 0 aliphatic heterocycles. The molecule has 0 aliphatic carbocycles. The first kappa shape index (κ1) is 13.0. The minimum atomic E-state index is -0.227. The number of thioether (sulfide) groups is 1. The van der Waals surface area contributed by atoms with Crippen LogP contribution >= 0.6 is 11.8 Å². The van der Waals surface area contributed by atoms with Gasteiger partial charge in [-0.2, -0.15) is 0 Å². The lowest BCUT2D eigenvalue weighted by Gasteiger charge is -2.05. The van der Waals surface area contributed by atoms with E-state index in [9.17, 15) is 4.39 Å². The van der Waals surface area contributed by atoms with E-state index in [2.05, 4.69) is 12.1 Å². The molecule has 94 valence electrons. The molecule has 0 saturated carbocycles. The Kier molecular flexibility index (Phi) is 4.65. The van der Waals surface area contributed by atoms with Crippen molar-refractivity contribution in [3.05, 3.63) is 59.9 Å². The molecule has 0 aliphatic rings. The van der Waals surface area contributed by atoms with E-state index in [0.29, 0.717) is 5.69 Å². The summed E-state index contributed by atoms with van der Waals surface area (Å²) in [5.74, 6) is 0.720. The number of nitrogens with two attached hydrogens (primary N) is 1. The van der Waals surface area contributed by atoms with Crippen LogP contribution in [-0.2, 0) is 6.42 Å². The summed E-state index contributed by atoms with van der Waals surface area (Å²) in [5, 5.41) is 0. The van der Waals surface area contributed by atoms with Crippen LogP contribution in [0.5, 0.6) is 0 Å². The van der Waals surface area contributed by atoms with Crippen molar-refractivity contribution in [3.63, 3.8) is 0 Å². The van der Waals surface area contributed by atoms with Crippen molar-refractivity contribution in [2.75, 3.05) is 11.5 Å². The lowest BCUT2D eigenvalue weighted by molar-refractivity contribution is 0.624. The second kappa shape index (κ2) is 6.45. The van der Waals surface area contributed by atoms with Gasteiger partial charge in [-0.25, -0.2) is 4.39 Å². The zero-order valence-corrected chi connectivity index (χ0v) is 10.9. The summed E-state index contributed by atoms with van der Waals surface area (Å²) in [4.78, 5) is 0.836. The highest BCUT2D eigenvalue weighted by molar-refractivity contribution is 7.99. The van der Waals surface area contributed by atoms with Crippen molar-refractivity contribution >= 4 is 17.4 Å². The number of halogens is 1. The Morgan fingerprint density at radius 2 is 1.83 bits per heavy atom. The van der Waals surface area contributed by atoms with E-state index in [-0.39, 0.29) is 5.82 Å². The topological polar surface area (TPSA) is 26.0 Å². The van der Waals surface area contributed by atoms with Crippen molar-refractivity contribution in [2.24, 2.45) is 0 Å². The van der Waals surface area contributed by atoms with Crippen LogP contribution in [0.1, 0.15) is 12.0 Å². The second-order valence-electron chi connectivity index (χ2n) is 4.12. The molecule has 0 fully saturated rings. The predicted octanol–water partition coefficient (Wildman–Crippen LogP) is 4.13. The van der Waals surface area contributed by atoms with Gasteiger partial charge in [0.25, 0.3) is 0 Å². The van der Waals surface area contributed by atoms with E-state index in [0.717, 1.165) is 23.5 Å². The van der Waals surface area contributed by atoms with Crippen molar-refractivity contribution in [1.29, 1.82) is 0 Å². The lowest BCUT2D eigenvalue weighted by Crippen LogP contribution is -1.92. The first-order chi connectivity index (χ1) is 8.75. The molecule has 0 amide bonds. The highest BCUT2D eigenvalue weighted by atomic mass is 32.2. The third-order valence-corrected chi connectivity index (χ3v) is 3.84. The number of rotatable bonds is 5. The summed E-state index contributed by atoms with van der Waals surface area (Å²) in [6.45, 7) is 0. The van der Waals surface area contributed by atoms with Gasteiger partial charge in [0.05, 0.1) is 0 Å². The van der Waals surface area contributed by atoms with Gasteiger partial charge in [0.1, 0.15) is 5.82 Å². The van der Waals surface area contributed by atoms with Crippen LogP contribution < -0.4 is 5.73 Å². The monoisotopic (exact) mass is 261 g/mol. The van der Waals surface area contributed by atoms with Crippen LogP contribution in [0.15, 0.2) is 53.4 Å². The van der Waals surface area contributed by atoms with Gasteiger partial charge >= 0.3 is 0 Å². The number of hydrogen-bond donors (Lipinski definition) is 1. The molecule has 0 atom stereocenters. The SMILES string of the molecule is Nc1ccc(F)cc1SCCCc1ccccc1. The molecular weight excluding hydrogens is 245 g/mol. The average Bonchev–Trinajstić information content (AvgIpc) is 2.40. The molecule has 2 rings (SSSR count). The largest absolute Gasteiger partial charge is 0.398 e. The maximum atomic E-state index is 13.1. The van der Waals surface area contributed by atoms with E-state index in [1.54, 1.807) is 17.8 Å². The zero-order valence-electron chi connectivity index (χ0n) is 10.1. The molecule has 2 aromatic rings. The molecule has 1 nitrogen and oxygen atoms in total. The average molecular weight is 261 g/mol. The number of benzene rings is 2. The number of hydrogen-bond acceptors (Lipinski definition) is 2. The Balaban J connectivity index is 1.80. The Bertz CT molecular complexity index is 499. The predicted molar refractivity (Wildman–Crippen MR) is 76.3 cm³/mol. The fourth-order valence-corrected chi connectivity index (χ4v) is 2.68. The van der Waals surface area contributed by atoms with Gasteiger partial charge in [-0.05, 0) is 42.4 Å². The molecule has 2 aromatic carbocycles. The number of aryl methyl sites for hydroxylation is 1. The third kappa shape index (κ3) is 3.77. The van der Waals surface area contributed by atoms with Crippen LogP contribution in [0.3, 0.4) is 0 Å². The summed E-state index contributed by atoms with van der Waals surface area (Å²) in [7, 11) is 0. The first-order valence-electron chi connectivity index (χ1n) is 5.97. The molecule has 0 spiro atoms. The molecule has 0 saturated heterocycles. The van der Waals surface area contributed by atoms with E-state index < -0.39 is 0 Å². The Labute approximate surface area is 111 Å². The molecule has 0 radical (unpaired) electrons. The van der Waals surface area contributed by atoms with E-state index >= 15 is 0 Å². The summed E-state index contributed by atoms with van der Waals surface area (Å²) < 4.78 is 13.1. The minimum Gasteiger partial charge on any atom is -0.398 e. The zero-order chi connectivity index (χ0) is 12.8. The van der Waals surface area contributed by atoms with Crippen LogP contribution in [-0.4, -0.2) is 5.75 Å². The van der Waals surface area contributed by atoms with Crippen LogP contribution in [0.25, 0.3) is 0 Å². The van der Waals surface area contributed by atoms with E-state index in [1.807, 2.05) is 18.2 Å². The molecule has 2 N–H and O–H groups in total. The second-order valence-corrected chi connectivity index (χ2v) is 5.26. The highest BCUT2D eigenvalue weighted by Gasteiger charge is 2.02. The summed E-state index contributed by atoms with van der Waals surface area (Å²) in [5.41, 5.74) is 7.79. The first-order valence-corrected chi connectivity index (χ1v) is 6.96. The smallest absolute Gasteiger partial charge is 0.124 e. The van der Waals surface area contributed by atoms with Gasteiger partial charge in [0.15, 0.2) is 0 Å². The van der Waals surface area contributed by atoms with Crippen molar-refractivity contribution in [1.82, 2.24) is 0 Å². The maximum absolute atomic E-state index is 13.1. The lowest BCUT2D eigenvalue weighted by atomic mass is 10.1. The van der Waals surface area contributed by atoms with E-state index in [1.165, 1.54) is 17.7 Å². The van der Waals surface area contributed by atoms with Crippen molar-refractivity contribution in [3.8, 4) is 0 Å². The molecule has 18 heavy (non-hydrogen) atoms. The minimum absolute atomic E-state index is 0.227. The molecule has 3 heteroatoms. The molecule has 0 bridgehead atoms. The van der Waals surface area contributed by atoms with Crippen molar-refractivity contribution < 1.29 is 4.39 Å². The van der Waals surface area contributed by atoms with Gasteiger partial charge in [-0.15, -0.1) is 11.8 Å². The third-order valence-electron chi connectivity index (χ3n) is 2.69. The maximum Gasteiger partial charge on any atom is 0.124 e. The summed E-state index contributed by atoms with van der Waals surface area (Å²) in [6.07, 6.45) is 2.10. The van der Waals surface area contributed by atoms with Gasteiger partial charge < -0.3 is 5.73 Å². The van der Waals surface area contributed by atoms with Gasteiger partial charge in [-0.1, -0.05) is 30.3 Å². The molecule has 0 aromatic heterocycles. The van der Waals surface area contributed by atoms with Gasteiger partial charge in [-0.3, -0.25) is 0 Å². The molecule has 0 heterocycles.